The predicted octanol–water partition coefficient (Wildman–Crippen LogP) is 12.3. The number of carbonyl (C=O) groups is 1. The van der Waals surface area contributed by atoms with Gasteiger partial charge in [0.25, 0.3) is 0 Å². The molecule has 0 bridgehead atoms. The van der Waals surface area contributed by atoms with Crippen LogP contribution < -0.4 is 0 Å². The summed E-state index contributed by atoms with van der Waals surface area (Å²) in [6, 6.07) is 0. The molecule has 0 aliphatic carbocycles. The van der Waals surface area contributed by atoms with Gasteiger partial charge in [-0.25, -0.2) is 0 Å². The molecule has 0 aromatic heterocycles. The van der Waals surface area contributed by atoms with Gasteiger partial charge < -0.3 is 5.11 Å². The summed E-state index contributed by atoms with van der Waals surface area (Å²) in [5.74, 6) is 0.205. The Kier molecular flexibility index (Phi) is 28.6. The molecule has 0 heterocycles. The second-order valence-electron chi connectivity index (χ2n) is 12.3. The number of hydrogen-bond acceptors (Lipinski definition) is 1. The third-order valence-corrected chi connectivity index (χ3v) is 8.09. The molecule has 0 rings (SSSR count). The SMILES string of the molecule is CCCCCCCCCCCCCCCCC(CCCCCCCCCCCCCC(C)C)C(=O)O. The summed E-state index contributed by atoms with van der Waals surface area (Å²) in [6.45, 7) is 6.93. The second-order valence-corrected chi connectivity index (χ2v) is 12.3. The molecule has 0 aromatic rings. The van der Waals surface area contributed by atoms with Crippen molar-refractivity contribution in [2.45, 2.75) is 201 Å². The monoisotopic (exact) mass is 509 g/mol. The van der Waals surface area contributed by atoms with Crippen molar-refractivity contribution in [3.05, 3.63) is 0 Å². The predicted molar refractivity (Wildman–Crippen MR) is 161 cm³/mol. The van der Waals surface area contributed by atoms with Gasteiger partial charge in [-0.1, -0.05) is 188 Å². The Labute approximate surface area is 228 Å². The third-order valence-electron chi connectivity index (χ3n) is 8.09. The maximum Gasteiger partial charge on any atom is 0.306 e. The molecule has 0 amide bonds. The quantitative estimate of drug-likeness (QED) is 0.0979. The van der Waals surface area contributed by atoms with Crippen LogP contribution in [0.2, 0.25) is 0 Å². The fourth-order valence-electron chi connectivity index (χ4n) is 5.51. The number of carboxylic acid groups (broad SMARTS) is 1. The molecule has 1 N–H and O–H groups in total. The molecule has 1 unspecified atom stereocenters. The van der Waals surface area contributed by atoms with Crippen LogP contribution in [0, 0.1) is 11.8 Å². The van der Waals surface area contributed by atoms with E-state index < -0.39 is 5.97 Å². The van der Waals surface area contributed by atoms with Crippen molar-refractivity contribution in [3.8, 4) is 0 Å². The average molecular weight is 509 g/mol. The Balaban J connectivity index is 3.41. The van der Waals surface area contributed by atoms with Crippen LogP contribution in [0.15, 0.2) is 0 Å². The molecular formula is C34H68O2. The lowest BCUT2D eigenvalue weighted by Crippen LogP contribution is -2.13. The lowest BCUT2D eigenvalue weighted by atomic mass is 9.94. The molecule has 2 nitrogen and oxygen atoms in total. The maximum absolute atomic E-state index is 11.6. The lowest BCUT2D eigenvalue weighted by Gasteiger charge is -2.12. The van der Waals surface area contributed by atoms with E-state index in [9.17, 15) is 9.90 Å². The molecular weight excluding hydrogens is 440 g/mol. The zero-order valence-corrected chi connectivity index (χ0v) is 25.3. The van der Waals surface area contributed by atoms with E-state index in [1.54, 1.807) is 0 Å². The van der Waals surface area contributed by atoms with Crippen molar-refractivity contribution >= 4 is 5.97 Å². The molecule has 216 valence electrons. The van der Waals surface area contributed by atoms with Gasteiger partial charge in [-0.05, 0) is 18.8 Å². The minimum Gasteiger partial charge on any atom is -0.481 e. The van der Waals surface area contributed by atoms with Crippen LogP contribution >= 0.6 is 0 Å². The van der Waals surface area contributed by atoms with E-state index in [1.165, 1.54) is 154 Å². The Morgan fingerprint density at radius 2 is 0.694 bits per heavy atom. The zero-order valence-electron chi connectivity index (χ0n) is 25.3. The van der Waals surface area contributed by atoms with E-state index >= 15 is 0 Å². The normalized spacial score (nSPS) is 12.4. The summed E-state index contributed by atoms with van der Waals surface area (Å²) in [4.78, 5) is 11.6. The Bertz CT molecular complexity index is 431. The number of hydrogen-bond donors (Lipinski definition) is 1. The van der Waals surface area contributed by atoms with Crippen molar-refractivity contribution < 1.29 is 9.90 Å². The van der Waals surface area contributed by atoms with Crippen LogP contribution in [-0.2, 0) is 4.79 Å². The fourth-order valence-corrected chi connectivity index (χ4v) is 5.51. The van der Waals surface area contributed by atoms with Gasteiger partial charge in [0.05, 0.1) is 5.92 Å². The van der Waals surface area contributed by atoms with Gasteiger partial charge in [0, 0.05) is 0 Å². The molecule has 36 heavy (non-hydrogen) atoms. The van der Waals surface area contributed by atoms with Crippen LogP contribution in [0.3, 0.4) is 0 Å². The summed E-state index contributed by atoms with van der Waals surface area (Å²) in [7, 11) is 0. The Morgan fingerprint density at radius 3 is 0.944 bits per heavy atom. The van der Waals surface area contributed by atoms with Crippen molar-refractivity contribution in [1.82, 2.24) is 0 Å². The molecule has 0 aliphatic heterocycles. The maximum atomic E-state index is 11.6. The molecule has 2 heteroatoms. The molecule has 0 fully saturated rings. The third kappa shape index (κ3) is 28.0. The van der Waals surface area contributed by atoms with Crippen LogP contribution in [0.4, 0.5) is 0 Å². The first kappa shape index (κ1) is 35.5. The fraction of sp³-hybridized carbons (Fsp3) is 0.971. The number of carboxylic acids is 1. The van der Waals surface area contributed by atoms with Crippen molar-refractivity contribution in [3.63, 3.8) is 0 Å². The van der Waals surface area contributed by atoms with Gasteiger partial charge in [-0.2, -0.15) is 0 Å². The standard InChI is InChI=1S/C34H68O2/c1-4-5-6-7-8-9-10-11-12-15-18-21-24-27-30-33(34(35)36)31-28-25-22-19-16-13-14-17-20-23-26-29-32(2)3/h32-33H,4-31H2,1-3H3,(H,35,36). The summed E-state index contributed by atoms with van der Waals surface area (Å²) in [5.41, 5.74) is 0. The number of aliphatic carboxylic acids is 1. The highest BCUT2D eigenvalue weighted by atomic mass is 16.4. The van der Waals surface area contributed by atoms with E-state index in [0.717, 1.165) is 31.6 Å². The molecule has 0 aliphatic rings. The minimum atomic E-state index is -0.557. The minimum absolute atomic E-state index is 0.0991. The molecule has 0 saturated carbocycles. The molecule has 0 aromatic carbocycles. The van der Waals surface area contributed by atoms with Gasteiger partial charge in [0.15, 0.2) is 0 Å². The van der Waals surface area contributed by atoms with E-state index in [-0.39, 0.29) is 5.92 Å². The first-order chi connectivity index (χ1) is 17.6. The lowest BCUT2D eigenvalue weighted by molar-refractivity contribution is -0.142. The Hall–Kier alpha value is -0.530. The van der Waals surface area contributed by atoms with Crippen molar-refractivity contribution in [1.29, 1.82) is 0 Å². The van der Waals surface area contributed by atoms with Gasteiger partial charge in [0.2, 0.25) is 0 Å². The summed E-state index contributed by atoms with van der Waals surface area (Å²) in [6.07, 6.45) is 37.0. The second kappa shape index (κ2) is 29.0. The van der Waals surface area contributed by atoms with Crippen LogP contribution in [-0.4, -0.2) is 11.1 Å². The van der Waals surface area contributed by atoms with Gasteiger partial charge in [-0.3, -0.25) is 4.79 Å². The average Bonchev–Trinajstić information content (AvgIpc) is 2.85. The van der Waals surface area contributed by atoms with Gasteiger partial charge in [0.1, 0.15) is 0 Å². The van der Waals surface area contributed by atoms with E-state index in [2.05, 4.69) is 20.8 Å². The highest BCUT2D eigenvalue weighted by molar-refractivity contribution is 5.69. The smallest absolute Gasteiger partial charge is 0.306 e. The first-order valence-electron chi connectivity index (χ1n) is 16.8. The van der Waals surface area contributed by atoms with Crippen LogP contribution in [0.5, 0.6) is 0 Å². The zero-order chi connectivity index (χ0) is 26.5. The largest absolute Gasteiger partial charge is 0.481 e. The molecule has 1 atom stereocenters. The highest BCUT2D eigenvalue weighted by Crippen LogP contribution is 2.20. The van der Waals surface area contributed by atoms with Crippen molar-refractivity contribution in [2.24, 2.45) is 11.8 Å². The van der Waals surface area contributed by atoms with Crippen molar-refractivity contribution in [2.75, 3.05) is 0 Å². The summed E-state index contributed by atoms with van der Waals surface area (Å²) < 4.78 is 0. The highest BCUT2D eigenvalue weighted by Gasteiger charge is 2.16. The van der Waals surface area contributed by atoms with Gasteiger partial charge >= 0.3 is 5.97 Å². The molecule has 0 radical (unpaired) electrons. The number of unbranched alkanes of at least 4 members (excludes halogenated alkanes) is 23. The first-order valence-corrected chi connectivity index (χ1v) is 16.8. The molecule has 0 spiro atoms. The summed E-state index contributed by atoms with van der Waals surface area (Å²) >= 11 is 0. The van der Waals surface area contributed by atoms with Gasteiger partial charge in [-0.15, -0.1) is 0 Å². The number of rotatable bonds is 30. The van der Waals surface area contributed by atoms with E-state index in [0.29, 0.717) is 0 Å². The van der Waals surface area contributed by atoms with Crippen LogP contribution in [0.1, 0.15) is 201 Å². The van der Waals surface area contributed by atoms with Crippen LogP contribution in [0.25, 0.3) is 0 Å². The topological polar surface area (TPSA) is 37.3 Å². The molecule has 0 saturated heterocycles. The summed E-state index contributed by atoms with van der Waals surface area (Å²) in [5, 5.41) is 9.58. The van der Waals surface area contributed by atoms with E-state index in [1.807, 2.05) is 0 Å². The Morgan fingerprint density at radius 1 is 0.444 bits per heavy atom. The van der Waals surface area contributed by atoms with E-state index in [4.69, 9.17) is 0 Å².